The quantitative estimate of drug-likeness (QED) is 0.823. The van der Waals surface area contributed by atoms with E-state index in [1.54, 1.807) is 18.2 Å². The van der Waals surface area contributed by atoms with E-state index in [9.17, 15) is 4.79 Å². The molecule has 1 fully saturated rings. The average Bonchev–Trinajstić information content (AvgIpc) is 2.41. The number of nitrogens with two attached hydrogens (primary N) is 1. The van der Waals surface area contributed by atoms with Gasteiger partial charge in [-0.3, -0.25) is 4.79 Å². The van der Waals surface area contributed by atoms with Gasteiger partial charge in [0.05, 0.1) is 18.4 Å². The SMILES string of the molecule is COc1c(N)cccc1C(=O)NC1CCCCC1C. The highest BCUT2D eigenvalue weighted by Gasteiger charge is 2.24. The third kappa shape index (κ3) is 3.00. The van der Waals surface area contributed by atoms with Crippen LogP contribution < -0.4 is 15.8 Å². The number of nitrogen functional groups attached to an aromatic ring is 1. The Balaban J connectivity index is 2.13. The standard InChI is InChI=1S/C15H22N2O2/c1-10-6-3-4-9-13(10)17-15(18)11-7-5-8-12(16)14(11)19-2/h5,7-8,10,13H,3-4,6,9,16H2,1-2H3,(H,17,18). The fourth-order valence-electron chi connectivity index (χ4n) is 2.74. The van der Waals surface area contributed by atoms with Crippen LogP contribution in [-0.2, 0) is 0 Å². The van der Waals surface area contributed by atoms with E-state index >= 15 is 0 Å². The van der Waals surface area contributed by atoms with Crippen LogP contribution in [0.1, 0.15) is 43.0 Å². The second kappa shape index (κ2) is 5.95. The van der Waals surface area contributed by atoms with Crippen molar-refractivity contribution in [1.82, 2.24) is 5.32 Å². The Labute approximate surface area is 114 Å². The first-order valence-corrected chi connectivity index (χ1v) is 6.87. The number of anilines is 1. The zero-order chi connectivity index (χ0) is 13.8. The molecule has 1 saturated carbocycles. The second-order valence-electron chi connectivity index (χ2n) is 5.27. The predicted octanol–water partition coefficient (Wildman–Crippen LogP) is 2.59. The van der Waals surface area contributed by atoms with E-state index < -0.39 is 0 Å². The summed E-state index contributed by atoms with van der Waals surface area (Å²) >= 11 is 0. The molecule has 1 amide bonds. The minimum atomic E-state index is -0.0945. The lowest BCUT2D eigenvalue weighted by Gasteiger charge is -2.29. The highest BCUT2D eigenvalue weighted by molar-refractivity contribution is 5.98. The van der Waals surface area contributed by atoms with Gasteiger partial charge in [-0.15, -0.1) is 0 Å². The van der Waals surface area contributed by atoms with Crippen molar-refractivity contribution in [3.05, 3.63) is 23.8 Å². The molecule has 1 aromatic carbocycles. The molecule has 4 nitrogen and oxygen atoms in total. The number of benzene rings is 1. The smallest absolute Gasteiger partial charge is 0.255 e. The van der Waals surface area contributed by atoms with Crippen molar-refractivity contribution < 1.29 is 9.53 Å². The summed E-state index contributed by atoms with van der Waals surface area (Å²) in [4.78, 5) is 12.3. The maximum atomic E-state index is 12.3. The molecule has 0 heterocycles. The largest absolute Gasteiger partial charge is 0.494 e. The highest BCUT2D eigenvalue weighted by atomic mass is 16.5. The first kappa shape index (κ1) is 13.7. The molecule has 2 atom stereocenters. The van der Waals surface area contributed by atoms with Gasteiger partial charge in [-0.25, -0.2) is 0 Å². The van der Waals surface area contributed by atoms with Crippen molar-refractivity contribution >= 4 is 11.6 Å². The average molecular weight is 262 g/mol. The van der Waals surface area contributed by atoms with Crippen LogP contribution in [0.15, 0.2) is 18.2 Å². The van der Waals surface area contributed by atoms with Crippen LogP contribution in [0.25, 0.3) is 0 Å². The number of hydrogen-bond acceptors (Lipinski definition) is 3. The minimum Gasteiger partial charge on any atom is -0.494 e. The van der Waals surface area contributed by atoms with Gasteiger partial charge in [0.1, 0.15) is 0 Å². The number of amides is 1. The molecule has 0 bridgehead atoms. The Morgan fingerprint density at radius 1 is 1.37 bits per heavy atom. The number of methoxy groups -OCH3 is 1. The molecule has 0 spiro atoms. The maximum absolute atomic E-state index is 12.3. The summed E-state index contributed by atoms with van der Waals surface area (Å²) in [6, 6.07) is 5.51. The Morgan fingerprint density at radius 3 is 2.79 bits per heavy atom. The number of carbonyl (C=O) groups excluding carboxylic acids is 1. The Morgan fingerprint density at radius 2 is 2.11 bits per heavy atom. The molecule has 1 aromatic rings. The molecule has 1 aliphatic carbocycles. The zero-order valence-corrected chi connectivity index (χ0v) is 11.6. The molecular formula is C15H22N2O2. The Hall–Kier alpha value is -1.71. The maximum Gasteiger partial charge on any atom is 0.255 e. The van der Waals surface area contributed by atoms with Gasteiger partial charge in [0.15, 0.2) is 5.75 Å². The van der Waals surface area contributed by atoms with Crippen LogP contribution in [-0.4, -0.2) is 19.1 Å². The van der Waals surface area contributed by atoms with Gasteiger partial charge >= 0.3 is 0 Å². The van der Waals surface area contributed by atoms with Crippen molar-refractivity contribution in [2.45, 2.75) is 38.6 Å². The van der Waals surface area contributed by atoms with E-state index in [2.05, 4.69) is 12.2 Å². The molecule has 19 heavy (non-hydrogen) atoms. The summed E-state index contributed by atoms with van der Waals surface area (Å²) in [6.45, 7) is 2.20. The van der Waals surface area contributed by atoms with E-state index in [0.717, 1.165) is 6.42 Å². The lowest BCUT2D eigenvalue weighted by Crippen LogP contribution is -2.41. The number of nitrogens with one attached hydrogen (secondary N) is 1. The molecule has 2 rings (SSSR count). The summed E-state index contributed by atoms with van der Waals surface area (Å²) in [6.07, 6.45) is 4.68. The topological polar surface area (TPSA) is 64.3 Å². The van der Waals surface area contributed by atoms with Crippen molar-refractivity contribution in [3.63, 3.8) is 0 Å². The number of rotatable bonds is 3. The van der Waals surface area contributed by atoms with Crippen molar-refractivity contribution in [2.24, 2.45) is 5.92 Å². The summed E-state index contributed by atoms with van der Waals surface area (Å²) < 4.78 is 5.23. The summed E-state index contributed by atoms with van der Waals surface area (Å²) in [5, 5.41) is 3.11. The molecule has 0 radical (unpaired) electrons. The third-order valence-corrected chi connectivity index (χ3v) is 3.92. The van der Waals surface area contributed by atoms with Gasteiger partial charge in [0, 0.05) is 6.04 Å². The van der Waals surface area contributed by atoms with E-state index in [1.165, 1.54) is 26.4 Å². The number of hydrogen-bond donors (Lipinski definition) is 2. The monoisotopic (exact) mass is 262 g/mol. The zero-order valence-electron chi connectivity index (χ0n) is 11.6. The molecular weight excluding hydrogens is 240 g/mol. The highest BCUT2D eigenvalue weighted by Crippen LogP contribution is 2.28. The predicted molar refractivity (Wildman–Crippen MR) is 76.3 cm³/mol. The molecule has 4 heteroatoms. The number of carbonyl (C=O) groups is 1. The van der Waals surface area contributed by atoms with Crippen molar-refractivity contribution in [2.75, 3.05) is 12.8 Å². The molecule has 2 unspecified atom stereocenters. The van der Waals surface area contributed by atoms with Crippen LogP contribution in [0, 0.1) is 5.92 Å². The van der Waals surface area contributed by atoms with Crippen LogP contribution in [0.3, 0.4) is 0 Å². The van der Waals surface area contributed by atoms with E-state index in [-0.39, 0.29) is 11.9 Å². The second-order valence-corrected chi connectivity index (χ2v) is 5.27. The van der Waals surface area contributed by atoms with Gasteiger partial charge < -0.3 is 15.8 Å². The summed E-state index contributed by atoms with van der Waals surface area (Å²) in [7, 11) is 1.53. The van der Waals surface area contributed by atoms with Gasteiger partial charge in [-0.05, 0) is 30.9 Å². The first-order valence-electron chi connectivity index (χ1n) is 6.87. The van der Waals surface area contributed by atoms with Gasteiger partial charge in [0.25, 0.3) is 5.91 Å². The van der Waals surface area contributed by atoms with Crippen LogP contribution in [0.4, 0.5) is 5.69 Å². The van der Waals surface area contributed by atoms with Gasteiger partial charge in [-0.1, -0.05) is 25.8 Å². The summed E-state index contributed by atoms with van der Waals surface area (Å²) in [5.74, 6) is 0.899. The van der Waals surface area contributed by atoms with Gasteiger partial charge in [-0.2, -0.15) is 0 Å². The Bertz CT molecular complexity index is 459. The van der Waals surface area contributed by atoms with Crippen LogP contribution in [0.5, 0.6) is 5.75 Å². The number of para-hydroxylation sites is 1. The van der Waals surface area contributed by atoms with Crippen molar-refractivity contribution in [1.29, 1.82) is 0 Å². The third-order valence-electron chi connectivity index (χ3n) is 3.92. The summed E-state index contributed by atoms with van der Waals surface area (Å²) in [5.41, 5.74) is 6.83. The lowest BCUT2D eigenvalue weighted by atomic mass is 9.86. The van der Waals surface area contributed by atoms with E-state index in [0.29, 0.717) is 22.9 Å². The first-order chi connectivity index (χ1) is 9.13. The molecule has 3 N–H and O–H groups in total. The Kier molecular flexibility index (Phi) is 4.30. The van der Waals surface area contributed by atoms with Crippen LogP contribution >= 0.6 is 0 Å². The normalized spacial score (nSPS) is 22.8. The van der Waals surface area contributed by atoms with Crippen molar-refractivity contribution in [3.8, 4) is 5.75 Å². The van der Waals surface area contributed by atoms with Gasteiger partial charge in [0.2, 0.25) is 0 Å². The molecule has 0 aromatic heterocycles. The van der Waals surface area contributed by atoms with Crippen LogP contribution in [0.2, 0.25) is 0 Å². The lowest BCUT2D eigenvalue weighted by molar-refractivity contribution is 0.0907. The molecule has 1 aliphatic rings. The molecule has 104 valence electrons. The fourth-order valence-corrected chi connectivity index (χ4v) is 2.74. The van der Waals surface area contributed by atoms with E-state index in [1.807, 2.05) is 0 Å². The fraction of sp³-hybridized carbons (Fsp3) is 0.533. The number of ether oxygens (including phenoxy) is 1. The molecule has 0 saturated heterocycles. The minimum absolute atomic E-state index is 0.0945. The molecule has 0 aliphatic heterocycles. The van der Waals surface area contributed by atoms with E-state index in [4.69, 9.17) is 10.5 Å².